The fourth-order valence-corrected chi connectivity index (χ4v) is 5.70. The van der Waals surface area contributed by atoms with E-state index in [1.165, 1.54) is 5.56 Å². The lowest BCUT2D eigenvalue weighted by Gasteiger charge is -2.32. The number of likely N-dealkylation sites (N-methyl/N-ethyl adjacent to an activating group) is 1. The Morgan fingerprint density at radius 3 is 2.23 bits per heavy atom. The third kappa shape index (κ3) is 6.04. The number of urea groups is 1. The van der Waals surface area contributed by atoms with E-state index in [1.807, 2.05) is 30.3 Å². The van der Waals surface area contributed by atoms with Crippen molar-refractivity contribution in [3.63, 3.8) is 0 Å². The lowest BCUT2D eigenvalue weighted by Crippen LogP contribution is -2.43. The molecule has 1 fully saturated rings. The van der Waals surface area contributed by atoms with Crippen molar-refractivity contribution < 1.29 is 9.21 Å². The highest BCUT2D eigenvalue weighted by Gasteiger charge is 2.23. The number of benzene rings is 3. The number of furan rings is 1. The van der Waals surface area contributed by atoms with Gasteiger partial charge in [0.2, 0.25) is 5.88 Å². The number of amides is 2. The zero-order chi connectivity index (χ0) is 28.4. The Balaban J connectivity index is 1.50. The van der Waals surface area contributed by atoms with Gasteiger partial charge in [-0.15, -0.1) is 0 Å². The second-order valence-electron chi connectivity index (χ2n) is 11.4. The number of fused-ring (bicyclic) bond motifs is 1. The first-order valence-electron chi connectivity index (χ1n) is 14.1. The van der Waals surface area contributed by atoms with Gasteiger partial charge in [-0.2, -0.15) is 0 Å². The van der Waals surface area contributed by atoms with Crippen molar-refractivity contribution in [3.8, 4) is 11.1 Å². The molecule has 0 atom stereocenters. The second kappa shape index (κ2) is 12.0. The number of para-hydroxylation sites is 1. The summed E-state index contributed by atoms with van der Waals surface area (Å²) in [5.41, 5.74) is 6.58. The van der Waals surface area contributed by atoms with Crippen LogP contribution in [0.15, 0.2) is 65.1 Å². The minimum Gasteiger partial charge on any atom is -0.440 e. The van der Waals surface area contributed by atoms with Crippen LogP contribution in [0, 0.1) is 0 Å². The SMILES string of the molecule is CC(C)c1cccc(C(C)C)c1NC(=O)Nc1oc2ccc(CN3CCN(C)CC3)cc2c1-c1ccccc1Cl. The molecule has 3 aromatic carbocycles. The van der Waals surface area contributed by atoms with Crippen LogP contribution in [-0.2, 0) is 6.54 Å². The summed E-state index contributed by atoms with van der Waals surface area (Å²) in [5, 5.41) is 7.70. The molecule has 0 radical (unpaired) electrons. The highest BCUT2D eigenvalue weighted by atomic mass is 35.5. The van der Waals surface area contributed by atoms with Crippen LogP contribution in [-0.4, -0.2) is 49.1 Å². The van der Waals surface area contributed by atoms with E-state index in [0.717, 1.165) is 66.1 Å². The van der Waals surface area contributed by atoms with Crippen LogP contribution >= 0.6 is 11.6 Å². The van der Waals surface area contributed by atoms with Crippen molar-refractivity contribution in [2.75, 3.05) is 43.9 Å². The van der Waals surface area contributed by atoms with E-state index < -0.39 is 0 Å². The molecule has 6 nitrogen and oxygen atoms in total. The number of carbonyl (C=O) groups excluding carboxylic acids is 1. The lowest BCUT2D eigenvalue weighted by molar-refractivity contribution is 0.148. The summed E-state index contributed by atoms with van der Waals surface area (Å²) in [4.78, 5) is 18.3. The van der Waals surface area contributed by atoms with E-state index in [4.69, 9.17) is 16.0 Å². The first kappa shape index (κ1) is 28.2. The molecule has 40 heavy (non-hydrogen) atoms. The average Bonchev–Trinajstić information content (AvgIpc) is 3.26. The molecule has 0 spiro atoms. The molecular weight excluding hydrogens is 520 g/mol. The molecule has 5 rings (SSSR count). The van der Waals surface area contributed by atoms with Gasteiger partial charge in [0.1, 0.15) is 5.58 Å². The molecule has 1 saturated heterocycles. The third-order valence-corrected chi connectivity index (χ3v) is 8.07. The van der Waals surface area contributed by atoms with Gasteiger partial charge in [-0.1, -0.05) is 81.8 Å². The summed E-state index contributed by atoms with van der Waals surface area (Å²) in [5.74, 6) is 0.903. The first-order valence-corrected chi connectivity index (χ1v) is 14.5. The van der Waals surface area contributed by atoms with E-state index in [2.05, 4.69) is 85.5 Å². The lowest BCUT2D eigenvalue weighted by atomic mass is 9.93. The first-order chi connectivity index (χ1) is 19.2. The van der Waals surface area contributed by atoms with E-state index in [1.54, 1.807) is 0 Å². The summed E-state index contributed by atoms with van der Waals surface area (Å²) >= 11 is 6.69. The fourth-order valence-electron chi connectivity index (χ4n) is 5.47. The van der Waals surface area contributed by atoms with Crippen molar-refractivity contribution in [1.82, 2.24) is 9.80 Å². The molecule has 0 aliphatic carbocycles. The summed E-state index contributed by atoms with van der Waals surface area (Å²) < 4.78 is 6.28. The number of rotatable bonds is 7. The van der Waals surface area contributed by atoms with E-state index in [9.17, 15) is 4.79 Å². The van der Waals surface area contributed by atoms with Crippen LogP contribution in [0.1, 0.15) is 56.2 Å². The predicted octanol–water partition coefficient (Wildman–Crippen LogP) is 8.39. The molecule has 2 N–H and O–H groups in total. The van der Waals surface area contributed by atoms with Crippen molar-refractivity contribution in [2.24, 2.45) is 0 Å². The van der Waals surface area contributed by atoms with E-state index in [0.29, 0.717) is 16.5 Å². The number of piperazine rings is 1. The number of halogens is 1. The highest BCUT2D eigenvalue weighted by Crippen LogP contribution is 2.42. The molecule has 0 bridgehead atoms. The van der Waals surface area contributed by atoms with Crippen LogP contribution in [0.3, 0.4) is 0 Å². The average molecular weight is 559 g/mol. The number of nitrogens with one attached hydrogen (secondary N) is 2. The Bertz CT molecular complexity index is 1480. The predicted molar refractivity (Wildman–Crippen MR) is 167 cm³/mol. The minimum absolute atomic E-state index is 0.262. The van der Waals surface area contributed by atoms with Gasteiger partial charge >= 0.3 is 6.03 Å². The van der Waals surface area contributed by atoms with Crippen LogP contribution in [0.4, 0.5) is 16.4 Å². The topological polar surface area (TPSA) is 60.8 Å². The molecule has 1 aromatic heterocycles. The molecule has 7 heteroatoms. The van der Waals surface area contributed by atoms with Crippen molar-refractivity contribution >= 4 is 40.2 Å². The van der Waals surface area contributed by atoms with Crippen molar-refractivity contribution in [3.05, 3.63) is 82.4 Å². The van der Waals surface area contributed by atoms with Crippen LogP contribution in [0.25, 0.3) is 22.1 Å². The smallest absolute Gasteiger partial charge is 0.326 e. The Kier molecular flexibility index (Phi) is 8.50. The minimum atomic E-state index is -0.347. The van der Waals surface area contributed by atoms with Crippen molar-refractivity contribution in [1.29, 1.82) is 0 Å². The van der Waals surface area contributed by atoms with Gasteiger partial charge < -0.3 is 14.6 Å². The van der Waals surface area contributed by atoms with Gasteiger partial charge in [0, 0.05) is 54.4 Å². The van der Waals surface area contributed by atoms with Crippen LogP contribution < -0.4 is 10.6 Å². The van der Waals surface area contributed by atoms with Crippen molar-refractivity contribution in [2.45, 2.75) is 46.1 Å². The monoisotopic (exact) mass is 558 g/mol. The number of nitrogens with zero attached hydrogens (tertiary/aromatic N) is 2. The Morgan fingerprint density at radius 1 is 0.900 bits per heavy atom. The maximum Gasteiger partial charge on any atom is 0.326 e. The largest absolute Gasteiger partial charge is 0.440 e. The van der Waals surface area contributed by atoms with Crippen LogP contribution in [0.2, 0.25) is 5.02 Å². The third-order valence-electron chi connectivity index (χ3n) is 7.74. The van der Waals surface area contributed by atoms with Gasteiger partial charge in [0.15, 0.2) is 0 Å². The summed E-state index contributed by atoms with van der Waals surface area (Å²) in [6.07, 6.45) is 0. The normalized spacial score (nSPS) is 14.8. The molecule has 2 amide bonds. The van der Waals surface area contributed by atoms with Gasteiger partial charge in [-0.25, -0.2) is 4.79 Å². The summed E-state index contributed by atoms with van der Waals surface area (Å²) in [7, 11) is 2.17. The Labute approximate surface area is 242 Å². The zero-order valence-electron chi connectivity index (χ0n) is 24.1. The molecule has 4 aromatic rings. The van der Waals surface area contributed by atoms with E-state index in [-0.39, 0.29) is 17.9 Å². The van der Waals surface area contributed by atoms with Gasteiger partial charge in [0.25, 0.3) is 0 Å². The van der Waals surface area contributed by atoms with Crippen LogP contribution in [0.5, 0.6) is 0 Å². The number of hydrogen-bond donors (Lipinski definition) is 2. The Hall–Kier alpha value is -3.32. The molecular formula is C33H39ClN4O2. The maximum absolute atomic E-state index is 13.5. The van der Waals surface area contributed by atoms with Gasteiger partial charge in [0.05, 0.1) is 5.56 Å². The molecule has 1 aliphatic rings. The molecule has 0 saturated carbocycles. The summed E-state index contributed by atoms with van der Waals surface area (Å²) in [6.45, 7) is 13.6. The molecule has 0 unspecified atom stereocenters. The second-order valence-corrected chi connectivity index (χ2v) is 11.8. The molecule has 1 aliphatic heterocycles. The molecule has 2 heterocycles. The maximum atomic E-state index is 13.5. The van der Waals surface area contributed by atoms with E-state index >= 15 is 0 Å². The van der Waals surface area contributed by atoms with Gasteiger partial charge in [-0.05, 0) is 53.8 Å². The standard InChI is InChI=1S/C33H39ClN4O2/c1-21(2)24-10-8-11-25(22(3)4)31(24)35-33(39)36-32-30(26-9-6-7-12-28(26)34)27-19-23(13-14-29(27)40-32)20-38-17-15-37(5)16-18-38/h6-14,19,21-22H,15-18,20H2,1-5H3,(H2,35,36,39). The molecule has 210 valence electrons. The van der Waals surface area contributed by atoms with Gasteiger partial charge in [-0.3, -0.25) is 10.2 Å². The Morgan fingerprint density at radius 2 is 1.57 bits per heavy atom. The fraction of sp³-hybridized carbons (Fsp3) is 0.364. The highest BCUT2D eigenvalue weighted by molar-refractivity contribution is 6.34. The summed E-state index contributed by atoms with van der Waals surface area (Å²) in [6, 6.07) is 19.8. The number of hydrogen-bond acceptors (Lipinski definition) is 4. The quantitative estimate of drug-likeness (QED) is 0.239. The number of carbonyl (C=O) groups is 1. The number of anilines is 2. The zero-order valence-corrected chi connectivity index (χ0v) is 24.8.